The van der Waals surface area contributed by atoms with E-state index in [1.807, 2.05) is 0 Å². The molecule has 1 aromatic heterocycles. The van der Waals surface area contributed by atoms with Crippen molar-refractivity contribution in [3.8, 4) is 0 Å². The van der Waals surface area contributed by atoms with E-state index in [-0.39, 0.29) is 24.5 Å². The Hall–Kier alpha value is -2.08. The van der Waals surface area contributed by atoms with Gasteiger partial charge < -0.3 is 19.5 Å². The predicted octanol–water partition coefficient (Wildman–Crippen LogP) is 0.946. The smallest absolute Gasteiger partial charge is 0.290 e. The van der Waals surface area contributed by atoms with Crippen LogP contribution < -0.4 is 0 Å². The number of hydrogen-bond donors (Lipinski definition) is 2. The number of hydrogen-bond acceptors (Lipinski definition) is 5. The van der Waals surface area contributed by atoms with Crippen molar-refractivity contribution in [1.82, 2.24) is 4.90 Å². The molecule has 0 saturated carbocycles. The zero-order valence-corrected chi connectivity index (χ0v) is 10.5. The second-order valence-electron chi connectivity index (χ2n) is 4.31. The molecule has 1 aliphatic rings. The lowest BCUT2D eigenvalue weighted by Crippen LogP contribution is -2.32. The van der Waals surface area contributed by atoms with E-state index in [1.165, 1.54) is 18.1 Å². The van der Waals surface area contributed by atoms with Crippen molar-refractivity contribution in [2.24, 2.45) is 0 Å². The van der Waals surface area contributed by atoms with E-state index >= 15 is 0 Å². The van der Waals surface area contributed by atoms with Gasteiger partial charge in [0.15, 0.2) is 11.5 Å². The second kappa shape index (κ2) is 5.27. The van der Waals surface area contributed by atoms with E-state index < -0.39 is 17.7 Å². The fourth-order valence-electron chi connectivity index (χ4n) is 2.23. The van der Waals surface area contributed by atoms with Crippen molar-refractivity contribution in [2.45, 2.75) is 19.4 Å². The van der Waals surface area contributed by atoms with Crippen LogP contribution >= 0.6 is 0 Å². The van der Waals surface area contributed by atoms with Crippen LogP contribution in [0.5, 0.6) is 0 Å². The molecule has 1 aliphatic heterocycles. The van der Waals surface area contributed by atoms with Crippen LogP contribution in [0, 0.1) is 0 Å². The van der Waals surface area contributed by atoms with Crippen LogP contribution in [-0.2, 0) is 9.59 Å². The lowest BCUT2D eigenvalue weighted by molar-refractivity contribution is -0.129. The molecular formula is C13H15NO5. The third-order valence-electron chi connectivity index (χ3n) is 3.05. The van der Waals surface area contributed by atoms with Crippen LogP contribution in [0.25, 0.3) is 0 Å². The molecule has 0 aromatic carbocycles. The monoisotopic (exact) mass is 265 g/mol. The molecule has 6 heteroatoms. The molecule has 2 heterocycles. The number of carbonyl (C=O) groups excluding carboxylic acids is 2. The topological polar surface area (TPSA) is 91.0 Å². The standard InChI is InChI=1S/C13H15NO5/c1-8(16)10-11(9-4-2-7-19-9)14(5-3-6-15)13(18)12(10)17/h2,4,7,11,15,17H,3,5-6H2,1H3. The van der Waals surface area contributed by atoms with Gasteiger partial charge in [-0.25, -0.2) is 0 Å². The zero-order chi connectivity index (χ0) is 14.0. The first-order valence-electron chi connectivity index (χ1n) is 5.97. The number of aliphatic hydroxyl groups is 2. The minimum Gasteiger partial charge on any atom is -0.503 e. The molecule has 1 unspecified atom stereocenters. The van der Waals surface area contributed by atoms with Crippen LogP contribution in [0.4, 0.5) is 0 Å². The van der Waals surface area contributed by atoms with E-state index in [1.54, 1.807) is 12.1 Å². The van der Waals surface area contributed by atoms with Crippen LogP contribution in [0.1, 0.15) is 25.1 Å². The molecule has 2 N–H and O–H groups in total. The zero-order valence-electron chi connectivity index (χ0n) is 10.5. The Bertz CT molecular complexity index is 517. The van der Waals surface area contributed by atoms with Crippen LogP contribution in [0.2, 0.25) is 0 Å². The molecule has 1 amide bonds. The number of rotatable bonds is 5. The molecule has 1 atom stereocenters. The number of amides is 1. The van der Waals surface area contributed by atoms with Crippen molar-refractivity contribution in [3.05, 3.63) is 35.5 Å². The molecule has 2 rings (SSSR count). The summed E-state index contributed by atoms with van der Waals surface area (Å²) in [7, 11) is 0. The average molecular weight is 265 g/mol. The SMILES string of the molecule is CC(=O)C1=C(O)C(=O)N(CCCO)C1c1ccco1. The van der Waals surface area contributed by atoms with Gasteiger partial charge in [0.25, 0.3) is 5.91 Å². The summed E-state index contributed by atoms with van der Waals surface area (Å²) >= 11 is 0. The van der Waals surface area contributed by atoms with E-state index in [2.05, 4.69) is 0 Å². The third kappa shape index (κ3) is 2.26. The molecule has 0 radical (unpaired) electrons. The molecule has 1 aromatic rings. The number of nitrogens with zero attached hydrogens (tertiary/aromatic N) is 1. The molecular weight excluding hydrogens is 250 g/mol. The van der Waals surface area contributed by atoms with Gasteiger partial charge in [-0.1, -0.05) is 0 Å². The Morgan fingerprint density at radius 3 is 2.79 bits per heavy atom. The average Bonchev–Trinajstić information content (AvgIpc) is 2.96. The fraction of sp³-hybridized carbons (Fsp3) is 0.385. The number of carbonyl (C=O) groups is 2. The summed E-state index contributed by atoms with van der Waals surface area (Å²) in [5.74, 6) is -1.11. The Kier molecular flexibility index (Phi) is 3.71. The maximum absolute atomic E-state index is 12.0. The molecule has 102 valence electrons. The first-order valence-corrected chi connectivity index (χ1v) is 5.97. The second-order valence-corrected chi connectivity index (χ2v) is 4.31. The van der Waals surface area contributed by atoms with Gasteiger partial charge in [-0.05, 0) is 25.5 Å². The Labute approximate surface area is 109 Å². The summed E-state index contributed by atoms with van der Waals surface area (Å²) in [6, 6.07) is 2.58. The van der Waals surface area contributed by atoms with Gasteiger partial charge in [-0.2, -0.15) is 0 Å². The summed E-state index contributed by atoms with van der Waals surface area (Å²) in [5, 5.41) is 18.7. The van der Waals surface area contributed by atoms with Gasteiger partial charge in [0.05, 0.1) is 11.8 Å². The van der Waals surface area contributed by atoms with Gasteiger partial charge >= 0.3 is 0 Å². The van der Waals surface area contributed by atoms with Crippen LogP contribution in [0.3, 0.4) is 0 Å². The van der Waals surface area contributed by atoms with Gasteiger partial charge in [-0.15, -0.1) is 0 Å². The summed E-state index contributed by atoms with van der Waals surface area (Å²) in [5.41, 5.74) is 0.0397. The number of aliphatic hydroxyl groups excluding tert-OH is 2. The Morgan fingerprint density at radius 1 is 1.53 bits per heavy atom. The summed E-state index contributed by atoms with van der Waals surface area (Å²) in [4.78, 5) is 24.9. The molecule has 0 aliphatic carbocycles. The van der Waals surface area contributed by atoms with Gasteiger partial charge in [0, 0.05) is 13.2 Å². The van der Waals surface area contributed by atoms with Crippen molar-refractivity contribution in [3.63, 3.8) is 0 Å². The van der Waals surface area contributed by atoms with Gasteiger partial charge in [-0.3, -0.25) is 9.59 Å². The minimum atomic E-state index is -0.716. The quantitative estimate of drug-likeness (QED) is 0.827. The van der Waals surface area contributed by atoms with Crippen molar-refractivity contribution in [2.75, 3.05) is 13.2 Å². The lowest BCUT2D eigenvalue weighted by atomic mass is 10.0. The molecule has 0 bridgehead atoms. The number of furan rings is 1. The number of ketones is 1. The van der Waals surface area contributed by atoms with Crippen molar-refractivity contribution in [1.29, 1.82) is 0 Å². The largest absolute Gasteiger partial charge is 0.503 e. The van der Waals surface area contributed by atoms with E-state index in [4.69, 9.17) is 9.52 Å². The van der Waals surface area contributed by atoms with E-state index in [0.717, 1.165) is 0 Å². The van der Waals surface area contributed by atoms with E-state index in [9.17, 15) is 14.7 Å². The van der Waals surface area contributed by atoms with Crippen LogP contribution in [0.15, 0.2) is 34.1 Å². The maximum atomic E-state index is 12.0. The predicted molar refractivity (Wildman–Crippen MR) is 65.2 cm³/mol. The summed E-state index contributed by atoms with van der Waals surface area (Å²) in [6.07, 6.45) is 1.80. The minimum absolute atomic E-state index is 0.0397. The van der Waals surface area contributed by atoms with Gasteiger partial charge in [0.2, 0.25) is 0 Å². The van der Waals surface area contributed by atoms with Crippen molar-refractivity contribution >= 4 is 11.7 Å². The summed E-state index contributed by atoms with van der Waals surface area (Å²) in [6.45, 7) is 1.46. The van der Waals surface area contributed by atoms with Crippen molar-refractivity contribution < 1.29 is 24.2 Å². The highest BCUT2D eigenvalue weighted by atomic mass is 16.3. The number of Topliss-reactive ketones (excluding diaryl/α,β-unsaturated/α-hetero) is 1. The molecule has 0 saturated heterocycles. The van der Waals surface area contributed by atoms with Gasteiger partial charge in [0.1, 0.15) is 11.8 Å². The summed E-state index contributed by atoms with van der Waals surface area (Å²) < 4.78 is 5.25. The molecule has 19 heavy (non-hydrogen) atoms. The van der Waals surface area contributed by atoms with E-state index in [0.29, 0.717) is 12.2 Å². The highest BCUT2D eigenvalue weighted by Gasteiger charge is 2.43. The highest BCUT2D eigenvalue weighted by molar-refractivity contribution is 6.07. The maximum Gasteiger partial charge on any atom is 0.290 e. The first kappa shape index (κ1) is 13.4. The molecule has 6 nitrogen and oxygen atoms in total. The lowest BCUT2D eigenvalue weighted by Gasteiger charge is -2.24. The molecule has 0 fully saturated rings. The third-order valence-corrected chi connectivity index (χ3v) is 3.05. The Balaban J connectivity index is 2.41. The first-order chi connectivity index (χ1) is 9.07. The highest BCUT2D eigenvalue weighted by Crippen LogP contribution is 2.37. The fourth-order valence-corrected chi connectivity index (χ4v) is 2.23. The molecule has 0 spiro atoms. The van der Waals surface area contributed by atoms with Crippen LogP contribution in [-0.4, -0.2) is 40.0 Å². The normalized spacial score (nSPS) is 19.4. The Morgan fingerprint density at radius 2 is 2.26 bits per heavy atom.